The van der Waals surface area contributed by atoms with Crippen LogP contribution in [-0.2, 0) is 0 Å². The van der Waals surface area contributed by atoms with Gasteiger partial charge in [0.15, 0.2) is 0 Å². The molecule has 0 bridgehead atoms. The van der Waals surface area contributed by atoms with E-state index >= 15 is 0 Å². The summed E-state index contributed by atoms with van der Waals surface area (Å²) in [5, 5.41) is 3.02. The average Bonchev–Trinajstić information content (AvgIpc) is 2.48. The highest BCUT2D eigenvalue weighted by Gasteiger charge is 2.17. The summed E-state index contributed by atoms with van der Waals surface area (Å²) in [6.45, 7) is 3.66. The number of benzene rings is 1. The van der Waals surface area contributed by atoms with Crippen molar-refractivity contribution in [2.45, 2.75) is 45.1 Å². The summed E-state index contributed by atoms with van der Waals surface area (Å²) >= 11 is 0. The Labute approximate surface area is 122 Å². The molecule has 0 saturated heterocycles. The largest absolute Gasteiger partial charge is 0.351 e. The fourth-order valence-electron chi connectivity index (χ4n) is 2.94. The second kappa shape index (κ2) is 7.44. The molecule has 0 aliphatic heterocycles. The van der Waals surface area contributed by atoms with E-state index in [9.17, 15) is 4.79 Å². The van der Waals surface area contributed by atoms with E-state index in [0.29, 0.717) is 6.04 Å². The van der Waals surface area contributed by atoms with E-state index < -0.39 is 0 Å². The molecule has 2 rings (SSSR count). The van der Waals surface area contributed by atoms with Gasteiger partial charge >= 0.3 is 0 Å². The van der Waals surface area contributed by atoms with Crippen molar-refractivity contribution in [2.24, 2.45) is 0 Å². The number of hydrogen-bond donors (Lipinski definition) is 1. The van der Waals surface area contributed by atoms with E-state index in [1.807, 2.05) is 31.2 Å². The first-order valence-corrected chi connectivity index (χ1v) is 7.72. The van der Waals surface area contributed by atoms with Gasteiger partial charge in [-0.1, -0.05) is 37.0 Å². The van der Waals surface area contributed by atoms with Crippen LogP contribution in [0.5, 0.6) is 0 Å². The van der Waals surface area contributed by atoms with Crippen molar-refractivity contribution in [3.8, 4) is 0 Å². The number of nitrogens with zero attached hydrogens (tertiary/aromatic N) is 1. The van der Waals surface area contributed by atoms with Gasteiger partial charge in [0.1, 0.15) is 0 Å². The van der Waals surface area contributed by atoms with Crippen molar-refractivity contribution < 1.29 is 4.79 Å². The molecular weight excluding hydrogens is 248 g/mol. The number of aryl methyl sites for hydroxylation is 1. The average molecular weight is 274 g/mol. The SMILES string of the molecule is Cc1cccc(C(=O)NCCN(C)C2CCCCC2)c1. The zero-order valence-electron chi connectivity index (χ0n) is 12.7. The van der Waals surface area contributed by atoms with Crippen LogP contribution in [0.2, 0.25) is 0 Å². The van der Waals surface area contributed by atoms with Crippen LogP contribution in [0.3, 0.4) is 0 Å². The number of hydrogen-bond acceptors (Lipinski definition) is 2. The van der Waals surface area contributed by atoms with Crippen molar-refractivity contribution in [1.82, 2.24) is 10.2 Å². The number of carbonyl (C=O) groups excluding carboxylic acids is 1. The topological polar surface area (TPSA) is 32.3 Å². The molecular formula is C17H26N2O. The zero-order chi connectivity index (χ0) is 14.4. The number of likely N-dealkylation sites (N-methyl/N-ethyl adjacent to an activating group) is 1. The summed E-state index contributed by atoms with van der Waals surface area (Å²) in [6, 6.07) is 8.44. The number of amides is 1. The molecule has 3 nitrogen and oxygen atoms in total. The molecule has 1 saturated carbocycles. The highest BCUT2D eigenvalue weighted by molar-refractivity contribution is 5.94. The standard InChI is InChI=1S/C17H26N2O/c1-14-7-6-8-15(13-14)17(20)18-11-12-19(2)16-9-4-3-5-10-16/h6-8,13,16H,3-5,9-12H2,1-2H3,(H,18,20). The lowest BCUT2D eigenvalue weighted by molar-refractivity contribution is 0.0944. The normalized spacial score (nSPS) is 16.4. The summed E-state index contributed by atoms with van der Waals surface area (Å²) in [7, 11) is 2.18. The van der Waals surface area contributed by atoms with Crippen molar-refractivity contribution in [2.75, 3.05) is 20.1 Å². The predicted molar refractivity (Wildman–Crippen MR) is 83.0 cm³/mol. The Kier molecular flexibility index (Phi) is 5.60. The molecule has 1 amide bonds. The Morgan fingerprint density at radius 1 is 1.30 bits per heavy atom. The van der Waals surface area contributed by atoms with Crippen LogP contribution in [-0.4, -0.2) is 37.0 Å². The van der Waals surface area contributed by atoms with Crippen molar-refractivity contribution in [3.63, 3.8) is 0 Å². The fraction of sp³-hybridized carbons (Fsp3) is 0.588. The van der Waals surface area contributed by atoms with E-state index in [-0.39, 0.29) is 5.91 Å². The summed E-state index contributed by atoms with van der Waals surface area (Å²) < 4.78 is 0. The minimum atomic E-state index is 0.0331. The molecule has 1 N–H and O–H groups in total. The van der Waals surface area contributed by atoms with Crippen LogP contribution in [0.25, 0.3) is 0 Å². The van der Waals surface area contributed by atoms with Crippen LogP contribution in [0.4, 0.5) is 0 Å². The quantitative estimate of drug-likeness (QED) is 0.895. The van der Waals surface area contributed by atoms with E-state index in [4.69, 9.17) is 0 Å². The Hall–Kier alpha value is -1.35. The van der Waals surface area contributed by atoms with Crippen LogP contribution in [0.15, 0.2) is 24.3 Å². The monoisotopic (exact) mass is 274 g/mol. The van der Waals surface area contributed by atoms with Crippen LogP contribution >= 0.6 is 0 Å². The van der Waals surface area contributed by atoms with E-state index in [0.717, 1.165) is 24.2 Å². The molecule has 110 valence electrons. The molecule has 1 aliphatic rings. The molecule has 1 aromatic carbocycles. The Balaban J connectivity index is 1.73. The molecule has 0 atom stereocenters. The molecule has 1 aromatic rings. The lowest BCUT2D eigenvalue weighted by Crippen LogP contribution is -2.39. The molecule has 20 heavy (non-hydrogen) atoms. The molecule has 0 radical (unpaired) electrons. The highest BCUT2D eigenvalue weighted by atomic mass is 16.1. The van der Waals surface area contributed by atoms with Crippen LogP contribution in [0.1, 0.15) is 48.0 Å². The summed E-state index contributed by atoms with van der Waals surface area (Å²) in [6.07, 6.45) is 6.70. The molecule has 3 heteroatoms. The lowest BCUT2D eigenvalue weighted by Gasteiger charge is -2.31. The molecule has 1 fully saturated rings. The second-order valence-electron chi connectivity index (χ2n) is 5.90. The Morgan fingerprint density at radius 2 is 2.05 bits per heavy atom. The van der Waals surface area contributed by atoms with Gasteiger partial charge in [0.2, 0.25) is 0 Å². The van der Waals surface area contributed by atoms with Gasteiger partial charge in [0.05, 0.1) is 0 Å². The summed E-state index contributed by atoms with van der Waals surface area (Å²) in [4.78, 5) is 14.4. The van der Waals surface area contributed by atoms with Crippen LogP contribution in [0, 0.1) is 6.92 Å². The van der Waals surface area contributed by atoms with E-state index in [1.54, 1.807) is 0 Å². The first-order chi connectivity index (χ1) is 9.66. The van der Waals surface area contributed by atoms with Gasteiger partial charge in [-0.05, 0) is 38.9 Å². The van der Waals surface area contributed by atoms with E-state index in [2.05, 4.69) is 17.3 Å². The molecule has 0 heterocycles. The van der Waals surface area contributed by atoms with Crippen LogP contribution < -0.4 is 5.32 Å². The van der Waals surface area contributed by atoms with Gasteiger partial charge in [-0.25, -0.2) is 0 Å². The third-order valence-corrected chi connectivity index (χ3v) is 4.23. The maximum Gasteiger partial charge on any atom is 0.251 e. The molecule has 0 aromatic heterocycles. The smallest absolute Gasteiger partial charge is 0.251 e. The number of nitrogens with one attached hydrogen (secondary N) is 1. The fourth-order valence-corrected chi connectivity index (χ4v) is 2.94. The van der Waals surface area contributed by atoms with Gasteiger partial charge in [0, 0.05) is 24.7 Å². The minimum Gasteiger partial charge on any atom is -0.351 e. The third-order valence-electron chi connectivity index (χ3n) is 4.23. The van der Waals surface area contributed by atoms with Gasteiger partial charge in [-0.2, -0.15) is 0 Å². The van der Waals surface area contributed by atoms with E-state index in [1.165, 1.54) is 32.1 Å². The first kappa shape index (κ1) is 15.0. The van der Waals surface area contributed by atoms with Crippen molar-refractivity contribution in [3.05, 3.63) is 35.4 Å². The zero-order valence-corrected chi connectivity index (χ0v) is 12.7. The molecule has 0 unspecified atom stereocenters. The minimum absolute atomic E-state index is 0.0331. The maximum absolute atomic E-state index is 12.0. The maximum atomic E-state index is 12.0. The van der Waals surface area contributed by atoms with Crippen molar-refractivity contribution >= 4 is 5.91 Å². The lowest BCUT2D eigenvalue weighted by atomic mass is 9.94. The number of carbonyl (C=O) groups is 1. The third kappa shape index (κ3) is 4.34. The van der Waals surface area contributed by atoms with Crippen molar-refractivity contribution in [1.29, 1.82) is 0 Å². The Bertz CT molecular complexity index is 438. The van der Waals surface area contributed by atoms with Gasteiger partial charge in [-0.15, -0.1) is 0 Å². The first-order valence-electron chi connectivity index (χ1n) is 7.72. The predicted octanol–water partition coefficient (Wildman–Crippen LogP) is 2.99. The van der Waals surface area contributed by atoms with Gasteiger partial charge in [0.25, 0.3) is 5.91 Å². The van der Waals surface area contributed by atoms with Gasteiger partial charge < -0.3 is 10.2 Å². The van der Waals surface area contributed by atoms with Gasteiger partial charge in [-0.3, -0.25) is 4.79 Å². The Morgan fingerprint density at radius 3 is 2.75 bits per heavy atom. The highest BCUT2D eigenvalue weighted by Crippen LogP contribution is 2.21. The molecule has 0 spiro atoms. The molecule has 1 aliphatic carbocycles. The number of rotatable bonds is 5. The summed E-state index contributed by atoms with van der Waals surface area (Å²) in [5.74, 6) is 0.0331. The summed E-state index contributed by atoms with van der Waals surface area (Å²) in [5.41, 5.74) is 1.88. The second-order valence-corrected chi connectivity index (χ2v) is 5.90.